The standard InChI is InChI=1S/C20H15ClN4O/c21-16-8-6-14(7-9-16)13-25-18(10-12-23-25)24-20(26)17-5-1-3-15-4-2-11-22-19(15)17/h1-12H,13H2,(H,24,26). The molecule has 1 amide bonds. The maximum absolute atomic E-state index is 12.8. The molecule has 0 saturated heterocycles. The number of para-hydroxylation sites is 1. The van der Waals surface area contributed by atoms with E-state index in [0.717, 1.165) is 10.9 Å². The highest BCUT2D eigenvalue weighted by molar-refractivity contribution is 6.30. The predicted molar refractivity (Wildman–Crippen MR) is 102 cm³/mol. The topological polar surface area (TPSA) is 59.8 Å². The summed E-state index contributed by atoms with van der Waals surface area (Å²) in [4.78, 5) is 17.1. The Morgan fingerprint density at radius 1 is 1.00 bits per heavy atom. The van der Waals surface area contributed by atoms with Crippen LogP contribution < -0.4 is 5.32 Å². The molecule has 6 heteroatoms. The number of carbonyl (C=O) groups is 1. The van der Waals surface area contributed by atoms with Crippen LogP contribution in [0.4, 0.5) is 5.82 Å². The molecule has 4 aromatic rings. The van der Waals surface area contributed by atoms with Crippen molar-refractivity contribution in [3.63, 3.8) is 0 Å². The first-order valence-corrected chi connectivity index (χ1v) is 8.50. The lowest BCUT2D eigenvalue weighted by Gasteiger charge is -2.10. The monoisotopic (exact) mass is 362 g/mol. The Hall–Kier alpha value is -3.18. The van der Waals surface area contributed by atoms with Crippen molar-refractivity contribution in [2.75, 3.05) is 5.32 Å². The fourth-order valence-electron chi connectivity index (χ4n) is 2.80. The molecule has 1 N–H and O–H groups in total. The quantitative estimate of drug-likeness (QED) is 0.586. The SMILES string of the molecule is O=C(Nc1ccnn1Cc1ccc(Cl)cc1)c1cccc2cccnc12. The van der Waals surface area contributed by atoms with Crippen LogP contribution in [0.15, 0.2) is 73.1 Å². The summed E-state index contributed by atoms with van der Waals surface area (Å²) in [7, 11) is 0. The molecule has 0 radical (unpaired) electrons. The second-order valence-electron chi connectivity index (χ2n) is 5.84. The molecule has 26 heavy (non-hydrogen) atoms. The molecule has 0 atom stereocenters. The highest BCUT2D eigenvalue weighted by atomic mass is 35.5. The second kappa shape index (κ2) is 6.98. The first-order valence-electron chi connectivity index (χ1n) is 8.12. The van der Waals surface area contributed by atoms with E-state index < -0.39 is 0 Å². The first-order chi connectivity index (χ1) is 12.7. The highest BCUT2D eigenvalue weighted by Crippen LogP contribution is 2.18. The van der Waals surface area contributed by atoms with Gasteiger partial charge in [0, 0.05) is 22.7 Å². The molecule has 2 aromatic heterocycles. The molecule has 0 aliphatic carbocycles. The number of aromatic nitrogens is 3. The van der Waals surface area contributed by atoms with Crippen molar-refractivity contribution in [1.29, 1.82) is 0 Å². The van der Waals surface area contributed by atoms with Gasteiger partial charge in [0.15, 0.2) is 0 Å². The van der Waals surface area contributed by atoms with Gasteiger partial charge in [-0.25, -0.2) is 4.68 Å². The number of halogens is 1. The van der Waals surface area contributed by atoms with Gasteiger partial charge in [0.25, 0.3) is 5.91 Å². The summed E-state index contributed by atoms with van der Waals surface area (Å²) in [6.07, 6.45) is 3.34. The molecule has 2 heterocycles. The van der Waals surface area contributed by atoms with Crippen LogP contribution in [0, 0.1) is 0 Å². The fraction of sp³-hybridized carbons (Fsp3) is 0.0500. The maximum Gasteiger partial charge on any atom is 0.259 e. The molecule has 0 aliphatic rings. The van der Waals surface area contributed by atoms with Gasteiger partial charge in [-0.05, 0) is 29.8 Å². The molecule has 5 nitrogen and oxygen atoms in total. The van der Waals surface area contributed by atoms with Crippen molar-refractivity contribution in [2.45, 2.75) is 6.54 Å². The molecular formula is C20H15ClN4O. The Bertz CT molecular complexity index is 1070. The molecule has 0 bridgehead atoms. The molecule has 0 unspecified atom stereocenters. The lowest BCUT2D eigenvalue weighted by molar-refractivity contribution is 0.102. The molecule has 0 saturated carbocycles. The van der Waals surface area contributed by atoms with Gasteiger partial charge in [-0.2, -0.15) is 5.10 Å². The Labute approximate surface area is 155 Å². The van der Waals surface area contributed by atoms with Gasteiger partial charge >= 0.3 is 0 Å². The highest BCUT2D eigenvalue weighted by Gasteiger charge is 2.13. The second-order valence-corrected chi connectivity index (χ2v) is 6.27. The zero-order valence-corrected chi connectivity index (χ0v) is 14.5. The Morgan fingerprint density at radius 2 is 1.81 bits per heavy atom. The number of fused-ring (bicyclic) bond motifs is 1. The molecule has 0 fully saturated rings. The summed E-state index contributed by atoms with van der Waals surface area (Å²) in [5.74, 6) is 0.407. The molecular weight excluding hydrogens is 348 g/mol. The van der Waals surface area contributed by atoms with Gasteiger partial charge < -0.3 is 5.32 Å². The summed E-state index contributed by atoms with van der Waals surface area (Å²) in [6, 6.07) is 18.6. The number of amides is 1. The van der Waals surface area contributed by atoms with Gasteiger partial charge in [-0.1, -0.05) is 41.9 Å². The van der Waals surface area contributed by atoms with Crippen LogP contribution in [0.2, 0.25) is 5.02 Å². The molecule has 2 aromatic carbocycles. The minimum absolute atomic E-state index is 0.216. The van der Waals surface area contributed by atoms with E-state index in [2.05, 4.69) is 15.4 Å². The average molecular weight is 363 g/mol. The van der Waals surface area contributed by atoms with Gasteiger partial charge in [0.2, 0.25) is 0 Å². The van der Waals surface area contributed by atoms with Gasteiger partial charge in [0.1, 0.15) is 5.82 Å². The van der Waals surface area contributed by atoms with E-state index in [0.29, 0.717) is 28.5 Å². The largest absolute Gasteiger partial charge is 0.307 e. The van der Waals surface area contributed by atoms with Crippen molar-refractivity contribution in [3.8, 4) is 0 Å². The van der Waals surface area contributed by atoms with Gasteiger partial charge in [0.05, 0.1) is 23.8 Å². The van der Waals surface area contributed by atoms with Gasteiger partial charge in [-0.15, -0.1) is 0 Å². The Kier molecular flexibility index (Phi) is 4.37. The molecule has 128 valence electrons. The third-order valence-electron chi connectivity index (χ3n) is 4.08. The Balaban J connectivity index is 1.59. The minimum Gasteiger partial charge on any atom is -0.307 e. The van der Waals surface area contributed by atoms with Crippen molar-refractivity contribution in [3.05, 3.63) is 89.2 Å². The van der Waals surface area contributed by atoms with E-state index in [1.54, 1.807) is 29.2 Å². The average Bonchev–Trinajstić information content (AvgIpc) is 3.09. The number of anilines is 1. The lowest BCUT2D eigenvalue weighted by atomic mass is 10.1. The van der Waals surface area contributed by atoms with Crippen molar-refractivity contribution in [1.82, 2.24) is 14.8 Å². The number of rotatable bonds is 4. The number of benzene rings is 2. The van der Waals surface area contributed by atoms with Crippen LogP contribution in [-0.4, -0.2) is 20.7 Å². The third-order valence-corrected chi connectivity index (χ3v) is 4.33. The van der Waals surface area contributed by atoms with E-state index in [1.807, 2.05) is 48.5 Å². The zero-order valence-electron chi connectivity index (χ0n) is 13.8. The number of pyridine rings is 1. The van der Waals surface area contributed by atoms with Crippen molar-refractivity contribution < 1.29 is 4.79 Å². The van der Waals surface area contributed by atoms with Gasteiger partial charge in [-0.3, -0.25) is 9.78 Å². The van der Waals surface area contributed by atoms with Crippen LogP contribution >= 0.6 is 11.6 Å². The zero-order chi connectivity index (χ0) is 17.9. The Morgan fingerprint density at radius 3 is 2.65 bits per heavy atom. The number of nitrogens with zero attached hydrogens (tertiary/aromatic N) is 3. The fourth-order valence-corrected chi connectivity index (χ4v) is 2.92. The smallest absolute Gasteiger partial charge is 0.259 e. The van der Waals surface area contributed by atoms with Crippen LogP contribution in [0.1, 0.15) is 15.9 Å². The van der Waals surface area contributed by atoms with E-state index in [9.17, 15) is 4.79 Å². The normalized spacial score (nSPS) is 10.8. The minimum atomic E-state index is -0.216. The maximum atomic E-state index is 12.8. The lowest BCUT2D eigenvalue weighted by Crippen LogP contribution is -2.16. The van der Waals surface area contributed by atoms with Crippen LogP contribution in [0.25, 0.3) is 10.9 Å². The summed E-state index contributed by atoms with van der Waals surface area (Å²) in [5.41, 5.74) is 2.25. The summed E-state index contributed by atoms with van der Waals surface area (Å²) >= 11 is 5.92. The summed E-state index contributed by atoms with van der Waals surface area (Å²) < 4.78 is 1.74. The van der Waals surface area contributed by atoms with Crippen molar-refractivity contribution >= 4 is 34.2 Å². The van der Waals surface area contributed by atoms with E-state index in [-0.39, 0.29) is 5.91 Å². The molecule has 4 rings (SSSR count). The third kappa shape index (κ3) is 3.30. The van der Waals surface area contributed by atoms with Crippen LogP contribution in [0.5, 0.6) is 0 Å². The first kappa shape index (κ1) is 16.3. The van der Waals surface area contributed by atoms with E-state index >= 15 is 0 Å². The predicted octanol–water partition coefficient (Wildman–Crippen LogP) is 4.39. The summed E-state index contributed by atoms with van der Waals surface area (Å²) in [6.45, 7) is 0.535. The van der Waals surface area contributed by atoms with E-state index in [4.69, 9.17) is 11.6 Å². The number of nitrogens with one attached hydrogen (secondary N) is 1. The van der Waals surface area contributed by atoms with Crippen LogP contribution in [-0.2, 0) is 6.54 Å². The number of carbonyl (C=O) groups excluding carboxylic acids is 1. The number of hydrogen-bond acceptors (Lipinski definition) is 3. The van der Waals surface area contributed by atoms with Crippen LogP contribution in [0.3, 0.4) is 0 Å². The molecule has 0 aliphatic heterocycles. The summed E-state index contributed by atoms with van der Waals surface area (Å²) in [5, 5.41) is 8.83. The van der Waals surface area contributed by atoms with E-state index in [1.165, 1.54) is 0 Å². The molecule has 0 spiro atoms. The number of hydrogen-bond donors (Lipinski definition) is 1. The van der Waals surface area contributed by atoms with Crippen molar-refractivity contribution in [2.24, 2.45) is 0 Å².